The van der Waals surface area contributed by atoms with Gasteiger partial charge in [0.05, 0.1) is 16.7 Å². The topological polar surface area (TPSA) is 62.1 Å². The van der Waals surface area contributed by atoms with Gasteiger partial charge in [-0.15, -0.1) is 0 Å². The Labute approximate surface area is 132 Å². The second-order valence-electron chi connectivity index (χ2n) is 4.51. The number of nitriles is 1. The first kappa shape index (κ1) is 15.8. The highest BCUT2D eigenvalue weighted by atomic mass is 35.5. The number of halogens is 2. The van der Waals surface area contributed by atoms with E-state index in [-0.39, 0.29) is 10.8 Å². The maximum absolute atomic E-state index is 12.8. The lowest BCUT2D eigenvalue weighted by Crippen LogP contribution is -2.30. The van der Waals surface area contributed by atoms with Gasteiger partial charge in [0, 0.05) is 5.69 Å². The van der Waals surface area contributed by atoms with Crippen LogP contribution in [-0.4, -0.2) is 12.0 Å². The number of hydrogen-bond acceptors (Lipinski definition) is 3. The lowest BCUT2D eigenvalue weighted by Gasteiger charge is -2.15. The fourth-order valence-corrected chi connectivity index (χ4v) is 1.91. The first-order valence-electron chi connectivity index (χ1n) is 6.42. The Morgan fingerprint density at radius 2 is 2.00 bits per heavy atom. The van der Waals surface area contributed by atoms with E-state index in [0.29, 0.717) is 17.0 Å². The number of anilines is 1. The molecule has 0 saturated carbocycles. The molecule has 2 aromatic rings. The Balaban J connectivity index is 2.02. The number of amides is 1. The van der Waals surface area contributed by atoms with Crippen molar-refractivity contribution in [1.82, 2.24) is 0 Å². The van der Waals surface area contributed by atoms with E-state index in [1.807, 2.05) is 6.07 Å². The summed E-state index contributed by atoms with van der Waals surface area (Å²) >= 11 is 5.99. The Morgan fingerprint density at radius 1 is 1.32 bits per heavy atom. The van der Waals surface area contributed by atoms with E-state index in [1.54, 1.807) is 13.0 Å². The number of rotatable bonds is 4. The van der Waals surface area contributed by atoms with Crippen molar-refractivity contribution in [3.8, 4) is 11.8 Å². The quantitative estimate of drug-likeness (QED) is 0.933. The van der Waals surface area contributed by atoms with Gasteiger partial charge in [0.15, 0.2) is 6.10 Å². The van der Waals surface area contributed by atoms with Crippen LogP contribution in [0.15, 0.2) is 42.5 Å². The van der Waals surface area contributed by atoms with Crippen LogP contribution >= 0.6 is 11.6 Å². The van der Waals surface area contributed by atoms with Gasteiger partial charge in [-0.2, -0.15) is 5.26 Å². The Hall–Kier alpha value is -2.58. The van der Waals surface area contributed by atoms with Crippen LogP contribution in [0.1, 0.15) is 12.5 Å². The Kier molecular flexibility index (Phi) is 4.97. The van der Waals surface area contributed by atoms with Gasteiger partial charge in [-0.1, -0.05) is 11.6 Å². The molecule has 0 radical (unpaired) electrons. The van der Waals surface area contributed by atoms with Crippen molar-refractivity contribution in [2.24, 2.45) is 0 Å². The molecule has 1 atom stereocenters. The monoisotopic (exact) mass is 318 g/mol. The predicted molar refractivity (Wildman–Crippen MR) is 81.3 cm³/mol. The molecule has 0 saturated heterocycles. The smallest absolute Gasteiger partial charge is 0.265 e. The summed E-state index contributed by atoms with van der Waals surface area (Å²) in [6.45, 7) is 1.56. The van der Waals surface area contributed by atoms with E-state index < -0.39 is 12.0 Å². The number of hydrogen-bond donors (Lipinski definition) is 1. The fourth-order valence-electron chi connectivity index (χ4n) is 1.69. The zero-order valence-corrected chi connectivity index (χ0v) is 12.4. The average molecular weight is 319 g/mol. The molecule has 0 heterocycles. The summed E-state index contributed by atoms with van der Waals surface area (Å²) in [5.74, 6) is -0.471. The first-order chi connectivity index (χ1) is 10.5. The highest BCUT2D eigenvalue weighted by molar-refractivity contribution is 6.32. The van der Waals surface area contributed by atoms with Crippen LogP contribution in [0.5, 0.6) is 5.75 Å². The molecule has 0 aliphatic heterocycles. The van der Waals surface area contributed by atoms with Crippen LogP contribution < -0.4 is 10.1 Å². The number of nitrogens with zero attached hydrogens (tertiary/aromatic N) is 1. The molecular formula is C16H12ClFN2O2. The van der Waals surface area contributed by atoms with Gasteiger partial charge in [0.2, 0.25) is 0 Å². The molecule has 1 N–H and O–H groups in total. The molecule has 0 unspecified atom stereocenters. The van der Waals surface area contributed by atoms with Gasteiger partial charge in [0.25, 0.3) is 5.91 Å². The van der Waals surface area contributed by atoms with E-state index in [2.05, 4.69) is 5.32 Å². The minimum atomic E-state index is -0.810. The van der Waals surface area contributed by atoms with E-state index >= 15 is 0 Å². The summed E-state index contributed by atoms with van der Waals surface area (Å²) in [6, 6.07) is 11.9. The molecular weight excluding hydrogens is 307 g/mol. The van der Waals surface area contributed by atoms with Crippen LogP contribution in [0.4, 0.5) is 10.1 Å². The van der Waals surface area contributed by atoms with Crippen molar-refractivity contribution in [3.63, 3.8) is 0 Å². The van der Waals surface area contributed by atoms with Crippen molar-refractivity contribution in [1.29, 1.82) is 5.26 Å². The highest BCUT2D eigenvalue weighted by Crippen LogP contribution is 2.26. The van der Waals surface area contributed by atoms with Crippen molar-refractivity contribution < 1.29 is 13.9 Å². The molecule has 0 bridgehead atoms. The molecule has 6 heteroatoms. The summed E-state index contributed by atoms with van der Waals surface area (Å²) < 4.78 is 18.3. The maximum Gasteiger partial charge on any atom is 0.265 e. The third-order valence-electron chi connectivity index (χ3n) is 2.85. The van der Waals surface area contributed by atoms with Gasteiger partial charge in [-0.05, 0) is 49.4 Å². The van der Waals surface area contributed by atoms with Crippen molar-refractivity contribution in [3.05, 3.63) is 58.9 Å². The molecule has 4 nitrogen and oxygen atoms in total. The third kappa shape index (κ3) is 3.96. The first-order valence-corrected chi connectivity index (χ1v) is 6.80. The zero-order valence-electron chi connectivity index (χ0n) is 11.6. The van der Waals surface area contributed by atoms with Crippen LogP contribution in [0, 0.1) is 17.1 Å². The molecule has 0 aliphatic rings. The molecule has 0 fully saturated rings. The number of ether oxygens (including phenoxy) is 1. The molecule has 112 valence electrons. The molecule has 2 aromatic carbocycles. The van der Waals surface area contributed by atoms with Crippen LogP contribution in [-0.2, 0) is 4.79 Å². The minimum absolute atomic E-state index is 0.250. The average Bonchev–Trinajstić information content (AvgIpc) is 2.51. The van der Waals surface area contributed by atoms with E-state index in [1.165, 1.54) is 36.4 Å². The summed E-state index contributed by atoms with van der Waals surface area (Å²) in [4.78, 5) is 12.0. The number of nitrogens with one attached hydrogen (secondary N) is 1. The normalized spacial score (nSPS) is 11.4. The molecule has 2 rings (SSSR count). The van der Waals surface area contributed by atoms with Crippen molar-refractivity contribution in [2.45, 2.75) is 13.0 Å². The zero-order chi connectivity index (χ0) is 16.1. The molecule has 22 heavy (non-hydrogen) atoms. The second kappa shape index (κ2) is 6.92. The largest absolute Gasteiger partial charge is 0.479 e. The van der Waals surface area contributed by atoms with Crippen LogP contribution in [0.2, 0.25) is 5.02 Å². The maximum atomic E-state index is 12.8. The molecule has 0 aliphatic carbocycles. The fraction of sp³-hybridized carbons (Fsp3) is 0.125. The van der Waals surface area contributed by atoms with Gasteiger partial charge in [0.1, 0.15) is 11.6 Å². The van der Waals surface area contributed by atoms with Crippen LogP contribution in [0.3, 0.4) is 0 Å². The van der Waals surface area contributed by atoms with E-state index in [4.69, 9.17) is 21.6 Å². The number of benzene rings is 2. The Morgan fingerprint density at radius 3 is 2.59 bits per heavy atom. The van der Waals surface area contributed by atoms with E-state index in [0.717, 1.165) is 0 Å². The minimum Gasteiger partial charge on any atom is -0.479 e. The standard InChI is InChI=1S/C16H12ClFN2O2/c1-10(16(21)20-13-5-3-12(18)4-6-13)22-15-7-2-11(9-19)8-14(15)17/h2-8,10H,1H3,(H,20,21)/t10-/m0/s1. The summed E-state index contributed by atoms with van der Waals surface area (Å²) in [7, 11) is 0. The van der Waals surface area contributed by atoms with Gasteiger partial charge < -0.3 is 10.1 Å². The lowest BCUT2D eigenvalue weighted by atomic mass is 10.2. The van der Waals surface area contributed by atoms with Crippen molar-refractivity contribution in [2.75, 3.05) is 5.32 Å². The molecule has 0 spiro atoms. The van der Waals surface area contributed by atoms with E-state index in [9.17, 15) is 9.18 Å². The third-order valence-corrected chi connectivity index (χ3v) is 3.14. The summed E-state index contributed by atoms with van der Waals surface area (Å²) in [5.41, 5.74) is 0.869. The molecule has 1 amide bonds. The van der Waals surface area contributed by atoms with Gasteiger partial charge in [-0.3, -0.25) is 4.79 Å². The van der Waals surface area contributed by atoms with Gasteiger partial charge in [-0.25, -0.2) is 4.39 Å². The highest BCUT2D eigenvalue weighted by Gasteiger charge is 2.16. The molecule has 0 aromatic heterocycles. The second-order valence-corrected chi connectivity index (χ2v) is 4.92. The lowest BCUT2D eigenvalue weighted by molar-refractivity contribution is -0.122. The predicted octanol–water partition coefficient (Wildman–Crippen LogP) is 3.76. The van der Waals surface area contributed by atoms with Crippen LogP contribution in [0.25, 0.3) is 0 Å². The summed E-state index contributed by atoms with van der Waals surface area (Å²) in [5, 5.41) is 11.6. The van der Waals surface area contributed by atoms with Crippen molar-refractivity contribution >= 4 is 23.2 Å². The van der Waals surface area contributed by atoms with Gasteiger partial charge >= 0.3 is 0 Å². The SMILES string of the molecule is C[C@H](Oc1ccc(C#N)cc1Cl)C(=O)Nc1ccc(F)cc1. The number of carbonyl (C=O) groups is 1. The summed E-state index contributed by atoms with van der Waals surface area (Å²) in [6.07, 6.45) is -0.810. The number of carbonyl (C=O) groups excluding carboxylic acids is 1. The Bertz CT molecular complexity index is 726.